The molecule has 0 aliphatic carbocycles. The van der Waals surface area contributed by atoms with Gasteiger partial charge in [0.2, 0.25) is 0 Å². The SMILES string of the molecule is CC1(C)CN(C(c2ccccc2)(c2ccccc2)c2ccccc2)CCN1Cc1ccc(F)cc1. The van der Waals surface area contributed by atoms with Gasteiger partial charge in [-0.3, -0.25) is 9.80 Å². The van der Waals surface area contributed by atoms with Crippen LogP contribution < -0.4 is 0 Å². The number of piperazine rings is 1. The van der Waals surface area contributed by atoms with Crippen molar-refractivity contribution in [2.45, 2.75) is 31.5 Å². The van der Waals surface area contributed by atoms with E-state index in [0.717, 1.165) is 31.7 Å². The van der Waals surface area contributed by atoms with Crippen LogP contribution in [0.3, 0.4) is 0 Å². The van der Waals surface area contributed by atoms with Crippen molar-refractivity contribution in [1.29, 1.82) is 0 Å². The molecule has 1 aliphatic rings. The third-order valence-corrected chi connectivity index (χ3v) is 7.41. The van der Waals surface area contributed by atoms with E-state index in [9.17, 15) is 4.39 Å². The van der Waals surface area contributed by atoms with Crippen LogP contribution in [0.5, 0.6) is 0 Å². The summed E-state index contributed by atoms with van der Waals surface area (Å²) in [6, 6.07) is 39.6. The molecule has 1 aliphatic heterocycles. The zero-order valence-electron chi connectivity index (χ0n) is 20.6. The van der Waals surface area contributed by atoms with Gasteiger partial charge in [0.15, 0.2) is 0 Å². The first-order valence-corrected chi connectivity index (χ1v) is 12.4. The fourth-order valence-electron chi connectivity index (χ4n) is 5.67. The van der Waals surface area contributed by atoms with Gasteiger partial charge in [0.25, 0.3) is 0 Å². The van der Waals surface area contributed by atoms with Crippen LogP contribution in [0.25, 0.3) is 0 Å². The minimum absolute atomic E-state index is 0.0732. The maximum Gasteiger partial charge on any atom is 0.123 e. The molecule has 0 atom stereocenters. The molecular weight excluding hydrogens is 431 g/mol. The standard InChI is InChI=1S/C32H33FN2/c1-31(2)25-35(23-22-34(31)24-26-18-20-30(33)21-19-26)32(27-12-6-3-7-13-27,28-14-8-4-9-15-28)29-16-10-5-11-17-29/h3-21H,22-25H2,1-2H3. The summed E-state index contributed by atoms with van der Waals surface area (Å²) in [5, 5.41) is 0. The van der Waals surface area contributed by atoms with E-state index in [1.807, 2.05) is 12.1 Å². The van der Waals surface area contributed by atoms with E-state index >= 15 is 0 Å². The summed E-state index contributed by atoms with van der Waals surface area (Å²) < 4.78 is 13.5. The van der Waals surface area contributed by atoms with Crippen LogP contribution in [0, 0.1) is 5.82 Å². The van der Waals surface area contributed by atoms with E-state index in [2.05, 4.69) is 115 Å². The van der Waals surface area contributed by atoms with Gasteiger partial charge in [-0.15, -0.1) is 0 Å². The molecule has 3 heteroatoms. The smallest absolute Gasteiger partial charge is 0.123 e. The van der Waals surface area contributed by atoms with Gasteiger partial charge in [0, 0.05) is 31.7 Å². The third-order valence-electron chi connectivity index (χ3n) is 7.41. The first-order valence-electron chi connectivity index (χ1n) is 12.4. The second-order valence-corrected chi connectivity index (χ2v) is 10.1. The number of halogens is 1. The Bertz CT molecular complexity index is 1120. The zero-order valence-corrected chi connectivity index (χ0v) is 20.6. The van der Waals surface area contributed by atoms with Gasteiger partial charge in [-0.25, -0.2) is 4.39 Å². The van der Waals surface area contributed by atoms with Gasteiger partial charge in [-0.2, -0.15) is 0 Å². The maximum absolute atomic E-state index is 13.5. The highest BCUT2D eigenvalue weighted by atomic mass is 19.1. The Balaban J connectivity index is 1.58. The van der Waals surface area contributed by atoms with Crippen molar-refractivity contribution in [1.82, 2.24) is 9.80 Å². The number of rotatable bonds is 6. The number of nitrogens with zero attached hydrogens (tertiary/aromatic N) is 2. The molecule has 4 aromatic carbocycles. The second-order valence-electron chi connectivity index (χ2n) is 10.1. The molecule has 178 valence electrons. The Hall–Kier alpha value is -3.27. The lowest BCUT2D eigenvalue weighted by Crippen LogP contribution is -2.64. The molecule has 0 spiro atoms. The maximum atomic E-state index is 13.5. The van der Waals surface area contributed by atoms with E-state index in [-0.39, 0.29) is 11.4 Å². The Morgan fingerprint density at radius 3 is 1.54 bits per heavy atom. The van der Waals surface area contributed by atoms with Gasteiger partial charge in [0.1, 0.15) is 5.82 Å². The molecule has 0 radical (unpaired) electrons. The van der Waals surface area contributed by atoms with Crippen LogP contribution in [0.2, 0.25) is 0 Å². The lowest BCUT2D eigenvalue weighted by molar-refractivity contribution is -0.0188. The quantitative estimate of drug-likeness (QED) is 0.293. The van der Waals surface area contributed by atoms with Crippen molar-refractivity contribution in [2.75, 3.05) is 19.6 Å². The Morgan fingerprint density at radius 2 is 1.11 bits per heavy atom. The van der Waals surface area contributed by atoms with E-state index in [0.29, 0.717) is 0 Å². The molecule has 1 fully saturated rings. The van der Waals surface area contributed by atoms with Crippen molar-refractivity contribution in [3.05, 3.63) is 143 Å². The summed E-state index contributed by atoms with van der Waals surface area (Å²) in [5.41, 5.74) is 4.51. The summed E-state index contributed by atoms with van der Waals surface area (Å²) in [7, 11) is 0. The molecule has 35 heavy (non-hydrogen) atoms. The van der Waals surface area contributed by atoms with Crippen LogP contribution in [-0.2, 0) is 12.1 Å². The molecule has 0 saturated carbocycles. The first kappa shape index (κ1) is 23.5. The molecule has 0 bridgehead atoms. The summed E-state index contributed by atoms with van der Waals surface area (Å²) in [5.74, 6) is -0.184. The number of benzene rings is 4. The van der Waals surface area contributed by atoms with Gasteiger partial charge in [0.05, 0.1) is 5.54 Å². The fraction of sp³-hybridized carbons (Fsp3) is 0.250. The molecule has 1 saturated heterocycles. The average molecular weight is 465 g/mol. The largest absolute Gasteiger partial charge is 0.291 e. The highest BCUT2D eigenvalue weighted by Gasteiger charge is 2.47. The van der Waals surface area contributed by atoms with Crippen LogP contribution in [0.1, 0.15) is 36.1 Å². The van der Waals surface area contributed by atoms with Gasteiger partial charge >= 0.3 is 0 Å². The predicted octanol–water partition coefficient (Wildman–Crippen LogP) is 6.71. The van der Waals surface area contributed by atoms with Crippen molar-refractivity contribution in [3.63, 3.8) is 0 Å². The molecule has 0 aromatic heterocycles. The second kappa shape index (κ2) is 9.77. The zero-order chi connectivity index (χ0) is 24.3. The molecule has 0 N–H and O–H groups in total. The highest BCUT2D eigenvalue weighted by molar-refractivity contribution is 5.50. The summed E-state index contributed by atoms with van der Waals surface area (Å²) in [6.07, 6.45) is 0. The minimum Gasteiger partial charge on any atom is -0.291 e. The van der Waals surface area contributed by atoms with E-state index in [1.54, 1.807) is 12.1 Å². The van der Waals surface area contributed by atoms with E-state index in [1.165, 1.54) is 16.7 Å². The molecule has 0 amide bonds. The van der Waals surface area contributed by atoms with E-state index < -0.39 is 5.54 Å². The molecule has 5 rings (SSSR count). The highest BCUT2D eigenvalue weighted by Crippen LogP contribution is 2.44. The van der Waals surface area contributed by atoms with Crippen LogP contribution in [0.15, 0.2) is 115 Å². The van der Waals surface area contributed by atoms with Crippen molar-refractivity contribution in [3.8, 4) is 0 Å². The molecule has 4 aromatic rings. The lowest BCUT2D eigenvalue weighted by atomic mass is 9.74. The molecule has 1 heterocycles. The Morgan fingerprint density at radius 1 is 0.657 bits per heavy atom. The summed E-state index contributed by atoms with van der Waals surface area (Å²) in [4.78, 5) is 5.19. The Labute approximate surface area is 208 Å². The molecule has 2 nitrogen and oxygen atoms in total. The van der Waals surface area contributed by atoms with Crippen LogP contribution in [-0.4, -0.2) is 35.0 Å². The van der Waals surface area contributed by atoms with Crippen LogP contribution in [0.4, 0.5) is 4.39 Å². The van der Waals surface area contributed by atoms with E-state index in [4.69, 9.17) is 0 Å². The van der Waals surface area contributed by atoms with Gasteiger partial charge in [-0.1, -0.05) is 103 Å². The van der Waals surface area contributed by atoms with Gasteiger partial charge in [-0.05, 0) is 48.2 Å². The van der Waals surface area contributed by atoms with Crippen molar-refractivity contribution < 1.29 is 4.39 Å². The molecule has 0 unspecified atom stereocenters. The summed E-state index contributed by atoms with van der Waals surface area (Å²) in [6.45, 7) is 8.22. The molecular formula is C32H33FN2. The van der Waals surface area contributed by atoms with Gasteiger partial charge < -0.3 is 0 Å². The Kier molecular flexibility index (Phi) is 6.55. The minimum atomic E-state index is -0.400. The lowest BCUT2D eigenvalue weighted by Gasteiger charge is -2.54. The topological polar surface area (TPSA) is 6.48 Å². The predicted molar refractivity (Wildman–Crippen MR) is 142 cm³/mol. The monoisotopic (exact) mass is 464 g/mol. The first-order chi connectivity index (χ1) is 17.0. The third kappa shape index (κ3) is 4.54. The summed E-state index contributed by atoms with van der Waals surface area (Å²) >= 11 is 0. The number of hydrogen-bond donors (Lipinski definition) is 0. The number of hydrogen-bond acceptors (Lipinski definition) is 2. The van der Waals surface area contributed by atoms with Crippen molar-refractivity contribution in [2.24, 2.45) is 0 Å². The fourth-order valence-corrected chi connectivity index (χ4v) is 5.67. The van der Waals surface area contributed by atoms with Crippen LogP contribution >= 0.6 is 0 Å². The average Bonchev–Trinajstić information content (AvgIpc) is 2.89. The normalized spacial score (nSPS) is 16.8. The van der Waals surface area contributed by atoms with Crippen molar-refractivity contribution >= 4 is 0 Å².